The lowest BCUT2D eigenvalue weighted by molar-refractivity contribution is -0.204. The second-order valence-corrected chi connectivity index (χ2v) is 4.63. The van der Waals surface area contributed by atoms with E-state index in [4.69, 9.17) is 0 Å². The van der Waals surface area contributed by atoms with E-state index in [1.807, 2.05) is 6.55 Å². The number of rotatable bonds is 2. The first-order valence-electron chi connectivity index (χ1n) is 3.38. The Balaban J connectivity index is 4.10. The maximum Gasteiger partial charge on any atom is 0.393 e. The number of hydrogen-bond acceptors (Lipinski definition) is 0. The van der Waals surface area contributed by atoms with Crippen LogP contribution in [0.2, 0.25) is 12.6 Å². The second kappa shape index (κ2) is 2.94. The summed E-state index contributed by atoms with van der Waals surface area (Å²) in [5.74, 6) is 0. The molecule has 62 valence electrons. The molecule has 10 heavy (non-hydrogen) atoms. The van der Waals surface area contributed by atoms with Crippen molar-refractivity contribution in [3.05, 3.63) is 0 Å². The Kier molecular flexibility index (Phi) is 2.95. The molecule has 0 saturated heterocycles. The van der Waals surface area contributed by atoms with Gasteiger partial charge in [0, 0.05) is 9.52 Å². The summed E-state index contributed by atoms with van der Waals surface area (Å²) in [6.07, 6.45) is -4.02. The molecule has 0 aromatic carbocycles. The van der Waals surface area contributed by atoms with Crippen molar-refractivity contribution in [1.82, 2.24) is 0 Å². The van der Waals surface area contributed by atoms with Crippen molar-refractivity contribution < 1.29 is 13.2 Å². The SMILES string of the molecule is C[SiH2]CC(C)(C)C(F)(F)F. The highest BCUT2D eigenvalue weighted by atomic mass is 28.2. The van der Waals surface area contributed by atoms with Crippen LogP contribution in [-0.2, 0) is 0 Å². The third-order valence-corrected chi connectivity index (χ3v) is 3.39. The van der Waals surface area contributed by atoms with Crippen LogP contribution in [0.15, 0.2) is 0 Å². The summed E-state index contributed by atoms with van der Waals surface area (Å²) in [6.45, 7) is 4.43. The van der Waals surface area contributed by atoms with Crippen LogP contribution in [0.25, 0.3) is 0 Å². The Morgan fingerprint density at radius 2 is 1.60 bits per heavy atom. The fraction of sp³-hybridized carbons (Fsp3) is 1.00. The van der Waals surface area contributed by atoms with Gasteiger partial charge >= 0.3 is 6.18 Å². The maximum atomic E-state index is 12.0. The molecule has 0 aliphatic carbocycles. The summed E-state index contributed by atoms with van der Waals surface area (Å²) in [6, 6.07) is 0.344. The molecule has 0 fully saturated rings. The topological polar surface area (TPSA) is 0 Å². The van der Waals surface area contributed by atoms with E-state index in [2.05, 4.69) is 0 Å². The molecule has 0 amide bonds. The molecule has 4 heteroatoms. The molecule has 0 spiro atoms. The van der Waals surface area contributed by atoms with Crippen LogP contribution >= 0.6 is 0 Å². The highest BCUT2D eigenvalue weighted by Crippen LogP contribution is 2.40. The van der Waals surface area contributed by atoms with E-state index in [1.54, 1.807) is 0 Å². The Hall–Kier alpha value is 0.00688. The highest BCUT2D eigenvalue weighted by molar-refractivity contribution is 6.33. The van der Waals surface area contributed by atoms with Crippen molar-refractivity contribution in [2.75, 3.05) is 0 Å². The van der Waals surface area contributed by atoms with Crippen LogP contribution in [0, 0.1) is 5.41 Å². The molecule has 0 radical (unpaired) electrons. The van der Waals surface area contributed by atoms with E-state index in [1.165, 1.54) is 13.8 Å². The Labute approximate surface area is 61.6 Å². The first-order valence-corrected chi connectivity index (χ1v) is 5.79. The lowest BCUT2D eigenvalue weighted by atomic mass is 9.96. The zero-order valence-electron chi connectivity index (χ0n) is 6.55. The number of hydrogen-bond donors (Lipinski definition) is 0. The second-order valence-electron chi connectivity index (χ2n) is 3.13. The molecular weight excluding hydrogens is 157 g/mol. The van der Waals surface area contributed by atoms with Crippen molar-refractivity contribution in [3.8, 4) is 0 Å². The van der Waals surface area contributed by atoms with Gasteiger partial charge in [-0.3, -0.25) is 0 Å². The van der Waals surface area contributed by atoms with Gasteiger partial charge in [0.15, 0.2) is 0 Å². The summed E-state index contributed by atoms with van der Waals surface area (Å²) in [5, 5.41) is 0. The van der Waals surface area contributed by atoms with E-state index >= 15 is 0 Å². The molecule has 0 N–H and O–H groups in total. The van der Waals surface area contributed by atoms with Gasteiger partial charge in [0.2, 0.25) is 0 Å². The van der Waals surface area contributed by atoms with Crippen LogP contribution in [-0.4, -0.2) is 15.7 Å². The molecule has 0 bridgehead atoms. The van der Waals surface area contributed by atoms with Gasteiger partial charge in [0.25, 0.3) is 0 Å². The zero-order chi connectivity index (χ0) is 8.41. The number of alkyl halides is 3. The third-order valence-electron chi connectivity index (χ3n) is 1.64. The van der Waals surface area contributed by atoms with Gasteiger partial charge < -0.3 is 0 Å². The smallest absolute Gasteiger partial charge is 0.171 e. The summed E-state index contributed by atoms with van der Waals surface area (Å²) in [7, 11) is -0.490. The summed E-state index contributed by atoms with van der Waals surface area (Å²) >= 11 is 0. The molecule has 0 rings (SSSR count). The average Bonchev–Trinajstić information content (AvgIpc) is 1.61. The quantitative estimate of drug-likeness (QED) is 0.557. The molecular formula is C6H13F3Si. The molecule has 0 aromatic rings. The Morgan fingerprint density at radius 3 is 1.70 bits per heavy atom. The van der Waals surface area contributed by atoms with Crippen LogP contribution in [0.3, 0.4) is 0 Å². The molecule has 0 aromatic heterocycles. The standard InChI is InChI=1S/C6H13F3Si/c1-5(2,4-10-3)6(7,8)9/h4,10H2,1-3H3. The third kappa shape index (κ3) is 2.32. The largest absolute Gasteiger partial charge is 0.393 e. The summed E-state index contributed by atoms with van der Waals surface area (Å²) in [4.78, 5) is 0. The molecule has 0 aliphatic heterocycles. The predicted octanol–water partition coefficient (Wildman–Crippen LogP) is 2.21. The minimum atomic E-state index is -4.02. The Bertz CT molecular complexity index is 106. The maximum absolute atomic E-state index is 12.0. The fourth-order valence-corrected chi connectivity index (χ4v) is 2.30. The lowest BCUT2D eigenvalue weighted by Gasteiger charge is -2.26. The molecule has 0 aliphatic rings. The van der Waals surface area contributed by atoms with Crippen molar-refractivity contribution >= 4 is 9.52 Å². The van der Waals surface area contributed by atoms with E-state index < -0.39 is 21.1 Å². The highest BCUT2D eigenvalue weighted by Gasteiger charge is 2.45. The molecule has 0 saturated carbocycles. The van der Waals surface area contributed by atoms with E-state index in [0.29, 0.717) is 6.04 Å². The van der Waals surface area contributed by atoms with Crippen LogP contribution < -0.4 is 0 Å². The lowest BCUT2D eigenvalue weighted by Crippen LogP contribution is -2.32. The predicted molar refractivity (Wildman–Crippen MR) is 39.1 cm³/mol. The average molecular weight is 170 g/mol. The van der Waals surface area contributed by atoms with E-state index in [-0.39, 0.29) is 0 Å². The van der Waals surface area contributed by atoms with Gasteiger partial charge in [-0.05, 0) is 6.04 Å². The van der Waals surface area contributed by atoms with Crippen molar-refractivity contribution in [2.24, 2.45) is 5.41 Å². The van der Waals surface area contributed by atoms with Crippen molar-refractivity contribution in [2.45, 2.75) is 32.6 Å². The minimum absolute atomic E-state index is 0.344. The Morgan fingerprint density at radius 1 is 1.20 bits per heavy atom. The molecule has 0 atom stereocenters. The number of halogens is 3. The van der Waals surface area contributed by atoms with Crippen molar-refractivity contribution in [1.29, 1.82) is 0 Å². The first-order chi connectivity index (χ1) is 4.31. The zero-order valence-corrected chi connectivity index (χ0v) is 7.96. The van der Waals surface area contributed by atoms with Gasteiger partial charge in [0.05, 0.1) is 5.41 Å². The summed E-state index contributed by atoms with van der Waals surface area (Å²) < 4.78 is 36.1. The van der Waals surface area contributed by atoms with Crippen LogP contribution in [0.4, 0.5) is 13.2 Å². The molecule has 0 unspecified atom stereocenters. The van der Waals surface area contributed by atoms with Gasteiger partial charge in [-0.25, -0.2) is 0 Å². The van der Waals surface area contributed by atoms with Gasteiger partial charge in [-0.2, -0.15) is 13.2 Å². The molecule has 0 nitrogen and oxygen atoms in total. The van der Waals surface area contributed by atoms with Crippen LogP contribution in [0.1, 0.15) is 13.8 Å². The van der Waals surface area contributed by atoms with E-state index in [0.717, 1.165) is 0 Å². The summed E-state index contributed by atoms with van der Waals surface area (Å²) in [5.41, 5.74) is -1.45. The minimum Gasteiger partial charge on any atom is -0.171 e. The normalized spacial score (nSPS) is 15.0. The van der Waals surface area contributed by atoms with Gasteiger partial charge in [-0.1, -0.05) is 20.4 Å². The van der Waals surface area contributed by atoms with E-state index in [9.17, 15) is 13.2 Å². The van der Waals surface area contributed by atoms with Gasteiger partial charge in [0.1, 0.15) is 0 Å². The van der Waals surface area contributed by atoms with Crippen molar-refractivity contribution in [3.63, 3.8) is 0 Å². The van der Waals surface area contributed by atoms with Gasteiger partial charge in [-0.15, -0.1) is 0 Å². The fourth-order valence-electron chi connectivity index (χ4n) is 0.767. The molecule has 0 heterocycles. The monoisotopic (exact) mass is 170 g/mol. The van der Waals surface area contributed by atoms with Crippen LogP contribution in [0.5, 0.6) is 0 Å². The first kappa shape index (κ1) is 10.0.